The van der Waals surface area contributed by atoms with E-state index >= 15 is 0 Å². The van der Waals surface area contributed by atoms with Crippen molar-refractivity contribution in [2.24, 2.45) is 0 Å². The third-order valence-electron chi connectivity index (χ3n) is 2.29. The number of carboxylic acids is 1. The third kappa shape index (κ3) is 10.9. The van der Waals surface area contributed by atoms with E-state index in [1.807, 2.05) is 0 Å². The molecule has 0 bridgehead atoms. The van der Waals surface area contributed by atoms with Crippen molar-refractivity contribution in [1.29, 1.82) is 0 Å². The number of aldehydes is 1. The van der Waals surface area contributed by atoms with Crippen LogP contribution in [0.1, 0.15) is 44.9 Å². The van der Waals surface area contributed by atoms with E-state index in [0.717, 1.165) is 44.5 Å². The summed E-state index contributed by atoms with van der Waals surface area (Å²) in [5, 5.41) is 17.7. The van der Waals surface area contributed by atoms with Crippen molar-refractivity contribution in [3.63, 3.8) is 0 Å². The first-order chi connectivity index (χ1) is 7.66. The number of rotatable bonds is 10. The highest BCUT2D eigenvalue weighted by atomic mass is 16.4. The molecule has 92 valence electrons. The van der Waals surface area contributed by atoms with Gasteiger partial charge in [-0.15, -0.1) is 0 Å². The molecule has 1 atom stereocenters. The predicted octanol–water partition coefficient (Wildman–Crippen LogP) is 1.92. The zero-order chi connectivity index (χ0) is 12.2. The van der Waals surface area contributed by atoms with Crippen LogP contribution >= 0.6 is 0 Å². The molecule has 1 unspecified atom stereocenters. The molecule has 0 saturated heterocycles. The molecule has 0 saturated carbocycles. The van der Waals surface area contributed by atoms with Gasteiger partial charge in [0.1, 0.15) is 6.29 Å². The summed E-state index contributed by atoms with van der Waals surface area (Å²) in [6.45, 7) is 0. The van der Waals surface area contributed by atoms with E-state index in [0.29, 0.717) is 12.8 Å². The summed E-state index contributed by atoms with van der Waals surface area (Å²) in [7, 11) is 0. The molecular formula is C12H20O4. The fourth-order valence-electron chi connectivity index (χ4n) is 1.41. The second-order valence-electron chi connectivity index (χ2n) is 3.78. The van der Waals surface area contributed by atoms with Crippen LogP contribution in [0.2, 0.25) is 0 Å². The number of carboxylic acid groups (broad SMARTS) is 1. The summed E-state index contributed by atoms with van der Waals surface area (Å²) >= 11 is 0. The van der Waals surface area contributed by atoms with Crippen molar-refractivity contribution in [1.82, 2.24) is 0 Å². The van der Waals surface area contributed by atoms with E-state index in [2.05, 4.69) is 0 Å². The lowest BCUT2D eigenvalue weighted by Gasteiger charge is -2.07. The summed E-state index contributed by atoms with van der Waals surface area (Å²) in [6, 6.07) is 0. The fraction of sp³-hybridized carbons (Fsp3) is 0.667. The zero-order valence-corrected chi connectivity index (χ0v) is 9.47. The molecule has 0 aliphatic rings. The van der Waals surface area contributed by atoms with Crippen molar-refractivity contribution < 1.29 is 19.8 Å². The number of carbonyl (C=O) groups is 2. The van der Waals surface area contributed by atoms with E-state index in [1.165, 1.54) is 0 Å². The number of carbonyl (C=O) groups excluding carboxylic acids is 1. The van der Waals surface area contributed by atoms with Crippen LogP contribution in [0, 0.1) is 0 Å². The van der Waals surface area contributed by atoms with Gasteiger partial charge in [-0.25, -0.2) is 4.79 Å². The monoisotopic (exact) mass is 228 g/mol. The lowest BCUT2D eigenvalue weighted by Crippen LogP contribution is -2.06. The first-order valence-electron chi connectivity index (χ1n) is 5.68. The standard InChI is InChI=1S/C12H20O4/c13-10-6-8-11(14)7-4-2-1-3-5-9-12(15)16/h5,9-11,14H,1-4,6-8H2,(H,15,16)/b9-5+. The molecule has 0 amide bonds. The molecule has 0 rings (SSSR count). The third-order valence-corrected chi connectivity index (χ3v) is 2.29. The highest BCUT2D eigenvalue weighted by molar-refractivity contribution is 5.79. The topological polar surface area (TPSA) is 74.6 Å². The van der Waals surface area contributed by atoms with E-state index in [-0.39, 0.29) is 6.10 Å². The molecule has 0 aliphatic heterocycles. The second-order valence-corrected chi connectivity index (χ2v) is 3.78. The van der Waals surface area contributed by atoms with E-state index in [1.54, 1.807) is 6.08 Å². The van der Waals surface area contributed by atoms with Crippen LogP contribution in [-0.4, -0.2) is 28.6 Å². The maximum absolute atomic E-state index is 10.1. The normalized spacial score (nSPS) is 12.8. The van der Waals surface area contributed by atoms with Crippen molar-refractivity contribution in [2.75, 3.05) is 0 Å². The predicted molar refractivity (Wildman–Crippen MR) is 61.2 cm³/mol. The largest absolute Gasteiger partial charge is 0.478 e. The highest BCUT2D eigenvalue weighted by Gasteiger charge is 2.02. The van der Waals surface area contributed by atoms with Gasteiger partial charge in [-0.2, -0.15) is 0 Å². The number of hydrogen-bond donors (Lipinski definition) is 2. The fourth-order valence-corrected chi connectivity index (χ4v) is 1.41. The average Bonchev–Trinajstić information content (AvgIpc) is 2.24. The number of aliphatic hydroxyl groups excluding tert-OH is 1. The molecule has 4 nitrogen and oxygen atoms in total. The van der Waals surface area contributed by atoms with Gasteiger partial charge in [0.2, 0.25) is 0 Å². The number of aliphatic hydroxyl groups is 1. The van der Waals surface area contributed by atoms with Crippen molar-refractivity contribution in [3.05, 3.63) is 12.2 Å². The second kappa shape index (κ2) is 10.4. The summed E-state index contributed by atoms with van der Waals surface area (Å²) < 4.78 is 0. The first kappa shape index (κ1) is 14.8. The van der Waals surface area contributed by atoms with E-state index in [9.17, 15) is 14.7 Å². The van der Waals surface area contributed by atoms with Gasteiger partial charge in [0.15, 0.2) is 0 Å². The van der Waals surface area contributed by atoms with Crippen LogP contribution in [0.25, 0.3) is 0 Å². The van der Waals surface area contributed by atoms with Crippen molar-refractivity contribution in [2.45, 2.75) is 51.0 Å². The quantitative estimate of drug-likeness (QED) is 0.340. The Kier molecular flexibility index (Phi) is 9.61. The molecule has 0 aromatic carbocycles. The smallest absolute Gasteiger partial charge is 0.327 e. The Morgan fingerprint density at radius 1 is 1.12 bits per heavy atom. The lowest BCUT2D eigenvalue weighted by atomic mass is 10.1. The molecule has 4 heteroatoms. The molecule has 0 heterocycles. The van der Waals surface area contributed by atoms with Crippen LogP contribution in [0.15, 0.2) is 12.2 Å². The number of hydrogen-bond acceptors (Lipinski definition) is 3. The Morgan fingerprint density at radius 2 is 1.88 bits per heavy atom. The minimum atomic E-state index is -0.913. The summed E-state index contributed by atoms with van der Waals surface area (Å²) in [5.41, 5.74) is 0. The number of allylic oxidation sites excluding steroid dienone is 1. The van der Waals surface area contributed by atoms with Crippen molar-refractivity contribution >= 4 is 12.3 Å². The molecule has 0 aromatic rings. The lowest BCUT2D eigenvalue weighted by molar-refractivity contribution is -0.131. The number of aliphatic carboxylic acids is 1. The maximum atomic E-state index is 10.1. The van der Waals surface area contributed by atoms with Gasteiger partial charge in [0, 0.05) is 12.5 Å². The minimum Gasteiger partial charge on any atom is -0.478 e. The van der Waals surface area contributed by atoms with Crippen LogP contribution in [0.4, 0.5) is 0 Å². The Balaban J connectivity index is 3.26. The van der Waals surface area contributed by atoms with Gasteiger partial charge in [0.05, 0.1) is 6.10 Å². The summed E-state index contributed by atoms with van der Waals surface area (Å²) in [6.07, 6.45) is 8.51. The molecular weight excluding hydrogens is 208 g/mol. The SMILES string of the molecule is O=CCCC(O)CCCCC/C=C/C(=O)O. The van der Waals surface area contributed by atoms with Gasteiger partial charge in [-0.05, 0) is 25.7 Å². The first-order valence-corrected chi connectivity index (χ1v) is 5.68. The molecule has 0 fully saturated rings. The van der Waals surface area contributed by atoms with E-state index < -0.39 is 5.97 Å². The van der Waals surface area contributed by atoms with Gasteiger partial charge >= 0.3 is 5.97 Å². The minimum absolute atomic E-state index is 0.375. The van der Waals surface area contributed by atoms with Crippen molar-refractivity contribution in [3.8, 4) is 0 Å². The van der Waals surface area contributed by atoms with Crippen LogP contribution in [0.3, 0.4) is 0 Å². The van der Waals surface area contributed by atoms with Gasteiger partial charge in [-0.3, -0.25) is 0 Å². The Labute approximate surface area is 96.0 Å². The zero-order valence-electron chi connectivity index (χ0n) is 9.47. The van der Waals surface area contributed by atoms with Gasteiger partial charge in [0.25, 0.3) is 0 Å². The molecule has 0 radical (unpaired) electrons. The number of unbranched alkanes of at least 4 members (excludes halogenated alkanes) is 3. The maximum Gasteiger partial charge on any atom is 0.327 e. The molecule has 0 aromatic heterocycles. The Bertz CT molecular complexity index is 223. The van der Waals surface area contributed by atoms with E-state index in [4.69, 9.17) is 5.11 Å². The highest BCUT2D eigenvalue weighted by Crippen LogP contribution is 2.09. The summed E-state index contributed by atoms with van der Waals surface area (Å²) in [4.78, 5) is 20.2. The molecule has 0 aliphatic carbocycles. The van der Waals surface area contributed by atoms with Gasteiger partial charge < -0.3 is 15.0 Å². The van der Waals surface area contributed by atoms with Crippen LogP contribution < -0.4 is 0 Å². The molecule has 0 spiro atoms. The van der Waals surface area contributed by atoms with Crippen LogP contribution in [-0.2, 0) is 9.59 Å². The van der Waals surface area contributed by atoms with Crippen LogP contribution in [0.5, 0.6) is 0 Å². The van der Waals surface area contributed by atoms with Gasteiger partial charge in [-0.1, -0.05) is 18.9 Å². The molecule has 2 N–H and O–H groups in total. The Hall–Kier alpha value is -1.16. The summed E-state index contributed by atoms with van der Waals surface area (Å²) in [5.74, 6) is -0.913. The molecule has 16 heavy (non-hydrogen) atoms. The Morgan fingerprint density at radius 3 is 2.50 bits per heavy atom. The average molecular weight is 228 g/mol.